The van der Waals surface area contributed by atoms with Crippen LogP contribution in [0.5, 0.6) is 0 Å². The number of aromatic nitrogens is 3. The fourth-order valence-electron chi connectivity index (χ4n) is 2.74. The third-order valence-corrected chi connectivity index (χ3v) is 4.39. The molecule has 1 aromatic heterocycles. The lowest BCUT2D eigenvalue weighted by molar-refractivity contribution is 0.618. The van der Waals surface area contributed by atoms with Crippen molar-refractivity contribution in [3.8, 4) is 0 Å². The summed E-state index contributed by atoms with van der Waals surface area (Å²) in [5, 5.41) is 15.0. The molecule has 0 radical (unpaired) electrons. The summed E-state index contributed by atoms with van der Waals surface area (Å²) in [6, 6.07) is 8.98. The number of guanidine groups is 1. The van der Waals surface area contributed by atoms with Crippen LogP contribution in [-0.2, 0) is 19.4 Å². The van der Waals surface area contributed by atoms with Gasteiger partial charge in [0, 0.05) is 26.1 Å². The van der Waals surface area contributed by atoms with Crippen molar-refractivity contribution < 1.29 is 0 Å². The lowest BCUT2D eigenvalue weighted by Crippen LogP contribution is -2.40. The van der Waals surface area contributed by atoms with Gasteiger partial charge >= 0.3 is 0 Å². The number of aryl methyl sites for hydroxylation is 2. The molecule has 6 heteroatoms. The van der Waals surface area contributed by atoms with Gasteiger partial charge in [-0.3, -0.25) is 4.99 Å². The molecule has 1 unspecified atom stereocenters. The molecule has 0 aliphatic rings. The third kappa shape index (κ3) is 5.86. The molecule has 1 aromatic carbocycles. The van der Waals surface area contributed by atoms with Crippen LogP contribution in [0.3, 0.4) is 0 Å². The van der Waals surface area contributed by atoms with Crippen LogP contribution in [0.2, 0.25) is 0 Å². The summed E-state index contributed by atoms with van der Waals surface area (Å²) in [6.45, 7) is 11.0. The quantitative estimate of drug-likeness (QED) is 0.535. The van der Waals surface area contributed by atoms with E-state index in [9.17, 15) is 0 Å². The Balaban J connectivity index is 1.93. The van der Waals surface area contributed by atoms with E-state index in [1.54, 1.807) is 6.33 Å². The molecule has 2 rings (SSSR count). The van der Waals surface area contributed by atoms with Crippen molar-refractivity contribution in [2.45, 2.75) is 59.5 Å². The van der Waals surface area contributed by atoms with Crippen molar-refractivity contribution in [3.63, 3.8) is 0 Å². The van der Waals surface area contributed by atoms with Gasteiger partial charge in [-0.05, 0) is 30.9 Å². The molecule has 0 spiro atoms. The summed E-state index contributed by atoms with van der Waals surface area (Å²) in [7, 11) is 0. The largest absolute Gasteiger partial charge is 0.355 e. The summed E-state index contributed by atoms with van der Waals surface area (Å²) < 4.78 is 2.08. The van der Waals surface area contributed by atoms with E-state index in [1.165, 1.54) is 11.1 Å². The summed E-state index contributed by atoms with van der Waals surface area (Å²) >= 11 is 0. The van der Waals surface area contributed by atoms with Gasteiger partial charge in [0.2, 0.25) is 0 Å². The van der Waals surface area contributed by atoms with Crippen molar-refractivity contribution in [2.75, 3.05) is 13.1 Å². The molecule has 1 atom stereocenters. The zero-order valence-electron chi connectivity index (χ0n) is 16.5. The highest BCUT2D eigenvalue weighted by molar-refractivity contribution is 5.80. The van der Waals surface area contributed by atoms with Crippen LogP contribution in [0.4, 0.5) is 0 Å². The standard InChI is InChI=1S/C20H32N6/c1-5-12-21-20(22-13-14-26-15-23-25-19(26)7-3)24-16(4)18-10-8-17(6-2)9-11-18/h8-11,15-16H,5-7,12-14H2,1-4H3,(H2,21,22,24). The first-order valence-electron chi connectivity index (χ1n) is 9.68. The maximum Gasteiger partial charge on any atom is 0.191 e. The summed E-state index contributed by atoms with van der Waals surface area (Å²) in [6.07, 6.45) is 4.77. The van der Waals surface area contributed by atoms with Gasteiger partial charge in [0.15, 0.2) is 5.96 Å². The minimum atomic E-state index is 0.199. The number of aliphatic imine (C=N–C) groups is 1. The van der Waals surface area contributed by atoms with Gasteiger partial charge in [0.05, 0.1) is 6.04 Å². The lowest BCUT2D eigenvalue weighted by Gasteiger charge is -2.19. The summed E-state index contributed by atoms with van der Waals surface area (Å²) in [5.74, 6) is 1.86. The number of benzene rings is 1. The highest BCUT2D eigenvalue weighted by Crippen LogP contribution is 2.13. The molecule has 142 valence electrons. The Morgan fingerprint density at radius 1 is 1.15 bits per heavy atom. The average Bonchev–Trinajstić information content (AvgIpc) is 3.13. The van der Waals surface area contributed by atoms with Crippen LogP contribution in [0.25, 0.3) is 0 Å². The molecule has 2 N–H and O–H groups in total. The Morgan fingerprint density at radius 3 is 2.58 bits per heavy atom. The first kappa shape index (κ1) is 19.9. The first-order chi connectivity index (χ1) is 12.7. The second-order valence-corrected chi connectivity index (χ2v) is 6.41. The molecular weight excluding hydrogens is 324 g/mol. The SMILES string of the molecule is CCCN=C(NCCn1cnnc1CC)NC(C)c1ccc(CC)cc1. The lowest BCUT2D eigenvalue weighted by atomic mass is 10.1. The van der Waals surface area contributed by atoms with Crippen molar-refractivity contribution in [1.82, 2.24) is 25.4 Å². The van der Waals surface area contributed by atoms with Crippen molar-refractivity contribution >= 4 is 5.96 Å². The minimum absolute atomic E-state index is 0.199. The normalized spacial score (nSPS) is 12.8. The van der Waals surface area contributed by atoms with Crippen molar-refractivity contribution in [2.24, 2.45) is 4.99 Å². The molecule has 6 nitrogen and oxygen atoms in total. The molecule has 0 fully saturated rings. The van der Waals surface area contributed by atoms with E-state index in [0.717, 1.165) is 50.7 Å². The van der Waals surface area contributed by atoms with Gasteiger partial charge in [-0.2, -0.15) is 0 Å². The van der Waals surface area contributed by atoms with E-state index in [2.05, 4.69) is 82.4 Å². The first-order valence-corrected chi connectivity index (χ1v) is 9.68. The van der Waals surface area contributed by atoms with Crippen LogP contribution in [0, 0.1) is 0 Å². The fraction of sp³-hybridized carbons (Fsp3) is 0.550. The number of hydrogen-bond donors (Lipinski definition) is 2. The number of nitrogens with zero attached hydrogens (tertiary/aromatic N) is 4. The van der Waals surface area contributed by atoms with Crippen LogP contribution in [0.15, 0.2) is 35.6 Å². The molecule has 1 heterocycles. The summed E-state index contributed by atoms with van der Waals surface area (Å²) in [5.41, 5.74) is 2.62. The molecule has 2 aromatic rings. The van der Waals surface area contributed by atoms with Crippen molar-refractivity contribution in [1.29, 1.82) is 0 Å². The Kier molecular flexibility index (Phi) is 8.12. The Labute approximate surface area is 157 Å². The molecule has 0 bridgehead atoms. The molecule has 0 aliphatic carbocycles. The van der Waals surface area contributed by atoms with Gasteiger partial charge in [-0.15, -0.1) is 10.2 Å². The van der Waals surface area contributed by atoms with Crippen LogP contribution in [-0.4, -0.2) is 33.8 Å². The molecule has 0 amide bonds. The third-order valence-electron chi connectivity index (χ3n) is 4.39. The molecular formula is C20H32N6. The number of rotatable bonds is 9. The second-order valence-electron chi connectivity index (χ2n) is 6.41. The van der Waals surface area contributed by atoms with Gasteiger partial charge in [-0.25, -0.2) is 0 Å². The Morgan fingerprint density at radius 2 is 1.92 bits per heavy atom. The maximum absolute atomic E-state index is 4.66. The van der Waals surface area contributed by atoms with Gasteiger partial charge in [0.25, 0.3) is 0 Å². The van der Waals surface area contributed by atoms with E-state index in [1.807, 2.05) is 0 Å². The Hall–Kier alpha value is -2.37. The van der Waals surface area contributed by atoms with E-state index < -0.39 is 0 Å². The van der Waals surface area contributed by atoms with E-state index in [-0.39, 0.29) is 6.04 Å². The fourth-order valence-corrected chi connectivity index (χ4v) is 2.74. The summed E-state index contributed by atoms with van der Waals surface area (Å²) in [4.78, 5) is 4.66. The van der Waals surface area contributed by atoms with Crippen molar-refractivity contribution in [3.05, 3.63) is 47.5 Å². The van der Waals surface area contributed by atoms with E-state index >= 15 is 0 Å². The monoisotopic (exact) mass is 356 g/mol. The van der Waals surface area contributed by atoms with Crippen LogP contribution < -0.4 is 10.6 Å². The van der Waals surface area contributed by atoms with Gasteiger partial charge in [-0.1, -0.05) is 45.0 Å². The zero-order chi connectivity index (χ0) is 18.8. The molecule has 0 aliphatic heterocycles. The van der Waals surface area contributed by atoms with Gasteiger partial charge in [0.1, 0.15) is 12.2 Å². The number of nitrogens with one attached hydrogen (secondary N) is 2. The average molecular weight is 357 g/mol. The highest BCUT2D eigenvalue weighted by Gasteiger charge is 2.08. The topological polar surface area (TPSA) is 67.1 Å². The molecule has 0 saturated carbocycles. The number of hydrogen-bond acceptors (Lipinski definition) is 3. The Bertz CT molecular complexity index is 674. The predicted octanol–water partition coefficient (Wildman–Crippen LogP) is 3.11. The molecule has 0 saturated heterocycles. The van der Waals surface area contributed by atoms with Crippen LogP contribution >= 0.6 is 0 Å². The second kappa shape index (κ2) is 10.6. The molecule has 26 heavy (non-hydrogen) atoms. The van der Waals surface area contributed by atoms with Gasteiger partial charge < -0.3 is 15.2 Å². The maximum atomic E-state index is 4.66. The predicted molar refractivity (Wildman–Crippen MR) is 107 cm³/mol. The van der Waals surface area contributed by atoms with E-state index in [0.29, 0.717) is 0 Å². The minimum Gasteiger partial charge on any atom is -0.355 e. The van der Waals surface area contributed by atoms with E-state index in [4.69, 9.17) is 0 Å². The highest BCUT2D eigenvalue weighted by atomic mass is 15.3. The smallest absolute Gasteiger partial charge is 0.191 e. The zero-order valence-corrected chi connectivity index (χ0v) is 16.5. The van der Waals surface area contributed by atoms with Crippen LogP contribution in [0.1, 0.15) is 57.1 Å².